The Labute approximate surface area is 155 Å². The topological polar surface area (TPSA) is 60.9 Å². The van der Waals surface area contributed by atoms with Gasteiger partial charge in [-0.15, -0.1) is 0 Å². The van der Waals surface area contributed by atoms with Gasteiger partial charge in [-0.2, -0.15) is 0 Å². The molecule has 0 saturated heterocycles. The van der Waals surface area contributed by atoms with E-state index in [2.05, 4.69) is 10.1 Å². The van der Waals surface area contributed by atoms with Gasteiger partial charge in [-0.3, -0.25) is 9.36 Å². The molecular formula is C20H17N3O2S. The van der Waals surface area contributed by atoms with Gasteiger partial charge in [0, 0.05) is 28.4 Å². The number of aromatic nitrogens is 3. The van der Waals surface area contributed by atoms with Gasteiger partial charge in [-0.1, -0.05) is 41.2 Å². The summed E-state index contributed by atoms with van der Waals surface area (Å²) < 4.78 is 6.85. The van der Waals surface area contributed by atoms with Crippen molar-refractivity contribution in [2.75, 3.05) is 5.75 Å². The lowest BCUT2D eigenvalue weighted by Gasteiger charge is -2.05. The predicted octanol–water partition coefficient (Wildman–Crippen LogP) is 4.61. The van der Waals surface area contributed by atoms with Crippen molar-refractivity contribution in [2.24, 2.45) is 0 Å². The van der Waals surface area contributed by atoms with Crippen LogP contribution in [0.25, 0.3) is 16.7 Å². The minimum absolute atomic E-state index is 0.0767. The molecule has 1 aromatic carbocycles. The van der Waals surface area contributed by atoms with E-state index in [4.69, 9.17) is 4.52 Å². The summed E-state index contributed by atoms with van der Waals surface area (Å²) in [6, 6.07) is 15.6. The van der Waals surface area contributed by atoms with Gasteiger partial charge in [0.05, 0.1) is 16.3 Å². The van der Waals surface area contributed by atoms with Gasteiger partial charge in [0.1, 0.15) is 6.26 Å². The quantitative estimate of drug-likeness (QED) is 0.383. The molecule has 0 spiro atoms. The number of rotatable bonds is 5. The van der Waals surface area contributed by atoms with Crippen LogP contribution in [0.1, 0.15) is 21.7 Å². The molecule has 26 heavy (non-hydrogen) atoms. The first-order valence-corrected chi connectivity index (χ1v) is 9.23. The lowest BCUT2D eigenvalue weighted by Crippen LogP contribution is -2.06. The molecule has 4 aromatic rings. The van der Waals surface area contributed by atoms with Crippen LogP contribution in [0.3, 0.4) is 0 Å². The Morgan fingerprint density at radius 3 is 2.81 bits per heavy atom. The maximum atomic E-state index is 12.7. The number of thioether (sulfide) groups is 1. The van der Waals surface area contributed by atoms with E-state index < -0.39 is 0 Å². The van der Waals surface area contributed by atoms with Gasteiger partial charge in [0.25, 0.3) is 0 Å². The van der Waals surface area contributed by atoms with Crippen LogP contribution in [0.5, 0.6) is 0 Å². The van der Waals surface area contributed by atoms with Crippen LogP contribution in [0.4, 0.5) is 0 Å². The maximum absolute atomic E-state index is 12.7. The van der Waals surface area contributed by atoms with Crippen LogP contribution in [-0.4, -0.2) is 26.2 Å². The number of para-hydroxylation sites is 1. The standard InChI is InChI=1S/C20H17N3O2S/c1-13-11-16(14(2)23(13)19-9-10-25-22-19)18(24)12-26-20-8-7-15-5-3-4-6-17(15)21-20/h3-11H,12H2,1-2H3. The SMILES string of the molecule is Cc1cc(C(=O)CSc2ccc3ccccc3n2)c(C)n1-c1ccon1. The van der Waals surface area contributed by atoms with Gasteiger partial charge in [0.2, 0.25) is 0 Å². The minimum Gasteiger partial charge on any atom is -0.363 e. The second-order valence-corrected chi connectivity index (χ2v) is 7.03. The number of nitrogens with zero attached hydrogens (tertiary/aromatic N) is 3. The molecule has 3 heterocycles. The number of carbonyl (C=O) groups excluding carboxylic acids is 1. The Hall–Kier alpha value is -2.86. The highest BCUT2D eigenvalue weighted by Crippen LogP contribution is 2.24. The molecule has 0 saturated carbocycles. The highest BCUT2D eigenvalue weighted by molar-refractivity contribution is 7.99. The van der Waals surface area contributed by atoms with E-state index >= 15 is 0 Å². The summed E-state index contributed by atoms with van der Waals surface area (Å²) in [7, 11) is 0. The fraction of sp³-hybridized carbons (Fsp3) is 0.150. The van der Waals surface area contributed by atoms with Crippen molar-refractivity contribution >= 4 is 28.4 Å². The number of carbonyl (C=O) groups is 1. The molecule has 0 N–H and O–H groups in total. The first kappa shape index (κ1) is 16.6. The molecule has 6 heteroatoms. The molecule has 0 fully saturated rings. The fourth-order valence-corrected chi connectivity index (χ4v) is 3.83. The molecule has 0 bridgehead atoms. The zero-order valence-electron chi connectivity index (χ0n) is 14.5. The van der Waals surface area contributed by atoms with E-state index in [0.717, 1.165) is 27.3 Å². The van der Waals surface area contributed by atoms with Crippen molar-refractivity contribution in [2.45, 2.75) is 18.9 Å². The zero-order valence-corrected chi connectivity index (χ0v) is 15.3. The summed E-state index contributed by atoms with van der Waals surface area (Å²) in [5, 5.41) is 5.91. The Morgan fingerprint density at radius 1 is 1.15 bits per heavy atom. The largest absolute Gasteiger partial charge is 0.363 e. The molecule has 0 amide bonds. The van der Waals surface area contributed by atoms with Crippen molar-refractivity contribution in [3.63, 3.8) is 0 Å². The van der Waals surface area contributed by atoms with E-state index in [1.54, 1.807) is 6.07 Å². The van der Waals surface area contributed by atoms with Crippen LogP contribution < -0.4 is 0 Å². The molecule has 0 aliphatic heterocycles. The van der Waals surface area contributed by atoms with Crippen LogP contribution >= 0.6 is 11.8 Å². The van der Waals surface area contributed by atoms with Crippen LogP contribution in [-0.2, 0) is 0 Å². The summed E-state index contributed by atoms with van der Waals surface area (Å²) in [6.07, 6.45) is 1.52. The molecule has 5 nitrogen and oxygen atoms in total. The zero-order chi connectivity index (χ0) is 18.1. The Bertz CT molecular complexity index is 1080. The third-order valence-corrected chi connectivity index (χ3v) is 5.24. The molecule has 130 valence electrons. The fourth-order valence-electron chi connectivity index (χ4n) is 3.06. The summed E-state index contributed by atoms with van der Waals surface area (Å²) in [5.41, 5.74) is 3.47. The lowest BCUT2D eigenvalue weighted by atomic mass is 10.2. The molecule has 0 unspecified atom stereocenters. The number of pyridine rings is 1. The summed E-state index contributed by atoms with van der Waals surface area (Å²) in [4.78, 5) is 17.3. The average molecular weight is 363 g/mol. The second-order valence-electron chi connectivity index (χ2n) is 6.03. The number of hydrogen-bond acceptors (Lipinski definition) is 5. The number of benzene rings is 1. The van der Waals surface area contributed by atoms with Crippen molar-refractivity contribution in [3.05, 3.63) is 71.7 Å². The highest BCUT2D eigenvalue weighted by Gasteiger charge is 2.18. The summed E-state index contributed by atoms with van der Waals surface area (Å²) >= 11 is 1.46. The number of fused-ring (bicyclic) bond motifs is 1. The molecule has 0 aliphatic rings. The smallest absolute Gasteiger partial charge is 0.180 e. The molecule has 3 aromatic heterocycles. The Balaban J connectivity index is 1.54. The number of aryl methyl sites for hydroxylation is 1. The van der Waals surface area contributed by atoms with E-state index in [0.29, 0.717) is 17.1 Å². The van der Waals surface area contributed by atoms with Crippen LogP contribution in [0, 0.1) is 13.8 Å². The van der Waals surface area contributed by atoms with Crippen LogP contribution in [0.2, 0.25) is 0 Å². The third-order valence-electron chi connectivity index (χ3n) is 4.31. The van der Waals surface area contributed by atoms with E-state index in [-0.39, 0.29) is 5.78 Å². The van der Waals surface area contributed by atoms with Crippen molar-refractivity contribution in [1.29, 1.82) is 0 Å². The number of ketones is 1. The number of hydrogen-bond donors (Lipinski definition) is 0. The van der Waals surface area contributed by atoms with Crippen molar-refractivity contribution in [1.82, 2.24) is 14.7 Å². The third kappa shape index (κ3) is 3.04. The molecule has 4 rings (SSSR count). The van der Waals surface area contributed by atoms with E-state index in [1.807, 2.05) is 60.9 Å². The first-order chi connectivity index (χ1) is 12.6. The Morgan fingerprint density at radius 2 is 2.00 bits per heavy atom. The van der Waals surface area contributed by atoms with E-state index in [1.165, 1.54) is 18.0 Å². The van der Waals surface area contributed by atoms with Gasteiger partial charge in [-0.25, -0.2) is 4.98 Å². The monoisotopic (exact) mass is 363 g/mol. The van der Waals surface area contributed by atoms with Gasteiger partial charge in [-0.05, 0) is 32.0 Å². The maximum Gasteiger partial charge on any atom is 0.180 e. The van der Waals surface area contributed by atoms with Crippen LogP contribution in [0.15, 0.2) is 64.3 Å². The molecule has 0 aliphatic carbocycles. The molecular weight excluding hydrogens is 346 g/mol. The summed E-state index contributed by atoms with van der Waals surface area (Å²) in [5.74, 6) is 1.10. The summed E-state index contributed by atoms with van der Waals surface area (Å²) in [6.45, 7) is 3.88. The average Bonchev–Trinajstić information content (AvgIpc) is 3.27. The first-order valence-electron chi connectivity index (χ1n) is 8.25. The molecule has 0 atom stereocenters. The minimum atomic E-state index is 0.0767. The number of Topliss-reactive ketones (excluding diaryl/α,β-unsaturated/α-hetero) is 1. The van der Waals surface area contributed by atoms with Crippen molar-refractivity contribution in [3.8, 4) is 5.82 Å². The second kappa shape index (κ2) is 6.80. The van der Waals surface area contributed by atoms with Gasteiger partial charge in [0.15, 0.2) is 11.6 Å². The lowest BCUT2D eigenvalue weighted by molar-refractivity contribution is 0.102. The van der Waals surface area contributed by atoms with Gasteiger partial charge < -0.3 is 4.52 Å². The van der Waals surface area contributed by atoms with Crippen molar-refractivity contribution < 1.29 is 9.32 Å². The predicted molar refractivity (Wildman–Crippen MR) is 102 cm³/mol. The normalized spacial score (nSPS) is 11.2. The van der Waals surface area contributed by atoms with E-state index in [9.17, 15) is 4.79 Å². The van der Waals surface area contributed by atoms with Gasteiger partial charge >= 0.3 is 0 Å². The highest BCUT2D eigenvalue weighted by atomic mass is 32.2. The molecule has 0 radical (unpaired) electrons. The Kier molecular flexibility index (Phi) is 4.34.